The first-order valence-electron chi connectivity index (χ1n) is 6.73. The van der Waals surface area contributed by atoms with Gasteiger partial charge in [-0.25, -0.2) is 0 Å². The summed E-state index contributed by atoms with van der Waals surface area (Å²) >= 11 is 0. The molecule has 2 N–H and O–H groups in total. The molecule has 0 saturated carbocycles. The molecule has 5 heteroatoms. The molecular formula is C16H15N3O2. The van der Waals surface area contributed by atoms with Gasteiger partial charge in [0.05, 0.1) is 18.3 Å². The number of nitrogens with one attached hydrogen (secondary N) is 2. The van der Waals surface area contributed by atoms with Crippen molar-refractivity contribution in [1.29, 1.82) is 0 Å². The summed E-state index contributed by atoms with van der Waals surface area (Å²) in [5.41, 5.74) is 2.16. The molecule has 1 aromatic heterocycles. The third-order valence-electron chi connectivity index (χ3n) is 3.13. The van der Waals surface area contributed by atoms with Crippen molar-refractivity contribution in [2.45, 2.75) is 6.92 Å². The van der Waals surface area contributed by atoms with Crippen LogP contribution in [0.1, 0.15) is 17.3 Å². The molecule has 1 heterocycles. The number of H-pyrrole nitrogens is 1. The van der Waals surface area contributed by atoms with Crippen molar-refractivity contribution in [3.8, 4) is 5.75 Å². The van der Waals surface area contributed by atoms with Crippen LogP contribution in [0, 0.1) is 0 Å². The number of fused-ring (bicyclic) bond motifs is 1. The maximum atomic E-state index is 12.2. The van der Waals surface area contributed by atoms with Crippen molar-refractivity contribution in [2.75, 3.05) is 11.9 Å². The minimum absolute atomic E-state index is 0.157. The molecule has 0 saturated heterocycles. The zero-order chi connectivity index (χ0) is 14.7. The van der Waals surface area contributed by atoms with Gasteiger partial charge in [0, 0.05) is 16.6 Å². The summed E-state index contributed by atoms with van der Waals surface area (Å²) in [6.45, 7) is 2.55. The molecule has 0 unspecified atom stereocenters. The van der Waals surface area contributed by atoms with Gasteiger partial charge in [-0.3, -0.25) is 9.89 Å². The van der Waals surface area contributed by atoms with Gasteiger partial charge in [-0.1, -0.05) is 6.07 Å². The summed E-state index contributed by atoms with van der Waals surface area (Å²) in [7, 11) is 0. The number of aromatic nitrogens is 2. The molecule has 0 aliphatic carbocycles. The Bertz CT molecular complexity index is 763. The highest BCUT2D eigenvalue weighted by atomic mass is 16.5. The third-order valence-corrected chi connectivity index (χ3v) is 3.13. The predicted octanol–water partition coefficient (Wildman–Crippen LogP) is 3.21. The number of hydrogen-bond donors (Lipinski definition) is 2. The summed E-state index contributed by atoms with van der Waals surface area (Å²) < 4.78 is 5.37. The van der Waals surface area contributed by atoms with Crippen LogP contribution in [0.5, 0.6) is 5.75 Å². The molecule has 0 aliphatic heterocycles. The van der Waals surface area contributed by atoms with E-state index in [4.69, 9.17) is 4.74 Å². The SMILES string of the molecule is CCOc1ccc(NC(=O)c2ccc3cn[nH]c3c2)cc1. The fourth-order valence-corrected chi connectivity index (χ4v) is 2.08. The molecule has 106 valence electrons. The van der Waals surface area contributed by atoms with Crippen molar-refractivity contribution in [1.82, 2.24) is 10.2 Å². The topological polar surface area (TPSA) is 67.0 Å². The first-order valence-corrected chi connectivity index (χ1v) is 6.73. The van der Waals surface area contributed by atoms with Crippen LogP contribution in [0.15, 0.2) is 48.7 Å². The highest BCUT2D eigenvalue weighted by Gasteiger charge is 2.07. The van der Waals surface area contributed by atoms with Crippen LogP contribution in [0.2, 0.25) is 0 Å². The molecule has 1 amide bonds. The standard InChI is InChI=1S/C16H15N3O2/c1-2-21-14-7-5-13(6-8-14)18-16(20)11-3-4-12-10-17-19-15(12)9-11/h3-10H,2H2,1H3,(H,17,19)(H,18,20). The number of carbonyl (C=O) groups excluding carboxylic acids is 1. The molecule has 0 aliphatic rings. The first kappa shape index (κ1) is 13.2. The number of hydrogen-bond acceptors (Lipinski definition) is 3. The Morgan fingerprint density at radius 2 is 2.05 bits per heavy atom. The molecule has 0 radical (unpaired) electrons. The van der Waals surface area contributed by atoms with Gasteiger partial charge >= 0.3 is 0 Å². The average molecular weight is 281 g/mol. The molecule has 3 aromatic rings. The molecule has 0 fully saturated rings. The Hall–Kier alpha value is -2.82. The second-order valence-electron chi connectivity index (χ2n) is 4.58. The monoisotopic (exact) mass is 281 g/mol. The minimum atomic E-state index is -0.157. The third kappa shape index (κ3) is 2.86. The highest BCUT2D eigenvalue weighted by Crippen LogP contribution is 2.18. The number of nitrogens with zero attached hydrogens (tertiary/aromatic N) is 1. The second kappa shape index (κ2) is 5.66. The van der Waals surface area contributed by atoms with Crippen molar-refractivity contribution < 1.29 is 9.53 Å². The van der Waals surface area contributed by atoms with Crippen molar-refractivity contribution in [3.63, 3.8) is 0 Å². The molecule has 0 spiro atoms. The molecule has 0 bridgehead atoms. The van der Waals surface area contributed by atoms with E-state index >= 15 is 0 Å². The van der Waals surface area contributed by atoms with Crippen LogP contribution in [-0.4, -0.2) is 22.7 Å². The largest absolute Gasteiger partial charge is 0.494 e. The number of ether oxygens (including phenoxy) is 1. The van der Waals surface area contributed by atoms with E-state index in [0.717, 1.165) is 22.3 Å². The zero-order valence-electron chi connectivity index (χ0n) is 11.6. The molecule has 0 atom stereocenters. The van der Waals surface area contributed by atoms with Gasteiger partial charge in [0.25, 0.3) is 5.91 Å². The summed E-state index contributed by atoms with van der Waals surface area (Å²) in [4.78, 5) is 12.2. The fraction of sp³-hybridized carbons (Fsp3) is 0.125. The van der Waals surface area contributed by atoms with Crippen molar-refractivity contribution in [2.24, 2.45) is 0 Å². The summed E-state index contributed by atoms with van der Waals surface area (Å²) in [6, 6.07) is 12.7. The van der Waals surface area contributed by atoms with Crippen LogP contribution in [0.4, 0.5) is 5.69 Å². The normalized spacial score (nSPS) is 10.5. The number of amides is 1. The van der Waals surface area contributed by atoms with Crippen LogP contribution in [-0.2, 0) is 0 Å². The van der Waals surface area contributed by atoms with Gasteiger partial charge < -0.3 is 10.1 Å². The van der Waals surface area contributed by atoms with Gasteiger partial charge in [-0.15, -0.1) is 0 Å². The summed E-state index contributed by atoms with van der Waals surface area (Å²) in [6.07, 6.45) is 1.73. The maximum absolute atomic E-state index is 12.2. The van der Waals surface area contributed by atoms with E-state index in [1.807, 2.05) is 37.3 Å². The first-order chi connectivity index (χ1) is 10.3. The number of anilines is 1. The number of rotatable bonds is 4. The summed E-state index contributed by atoms with van der Waals surface area (Å²) in [5.74, 6) is 0.630. The lowest BCUT2D eigenvalue weighted by molar-refractivity contribution is 0.102. The summed E-state index contributed by atoms with van der Waals surface area (Å²) in [5, 5.41) is 10.6. The number of aromatic amines is 1. The Morgan fingerprint density at radius 3 is 2.81 bits per heavy atom. The quantitative estimate of drug-likeness (QED) is 0.771. The molecule has 5 nitrogen and oxygen atoms in total. The smallest absolute Gasteiger partial charge is 0.255 e. The Morgan fingerprint density at radius 1 is 1.24 bits per heavy atom. The Labute approximate surface area is 121 Å². The lowest BCUT2D eigenvalue weighted by atomic mass is 10.1. The van der Waals surface area contributed by atoms with Gasteiger partial charge in [-0.2, -0.15) is 5.10 Å². The zero-order valence-corrected chi connectivity index (χ0v) is 11.6. The van der Waals surface area contributed by atoms with Crippen LogP contribution in [0.25, 0.3) is 10.9 Å². The van der Waals surface area contributed by atoms with E-state index in [2.05, 4.69) is 15.5 Å². The van der Waals surface area contributed by atoms with Crippen molar-refractivity contribution >= 4 is 22.5 Å². The second-order valence-corrected chi connectivity index (χ2v) is 4.58. The maximum Gasteiger partial charge on any atom is 0.255 e. The molecule has 2 aromatic carbocycles. The lowest BCUT2D eigenvalue weighted by Gasteiger charge is -2.07. The number of benzene rings is 2. The lowest BCUT2D eigenvalue weighted by Crippen LogP contribution is -2.11. The van der Waals surface area contributed by atoms with Gasteiger partial charge in [0.15, 0.2) is 0 Å². The van der Waals surface area contributed by atoms with Crippen LogP contribution >= 0.6 is 0 Å². The minimum Gasteiger partial charge on any atom is -0.494 e. The van der Waals surface area contributed by atoms with E-state index in [0.29, 0.717) is 12.2 Å². The average Bonchev–Trinajstić information content (AvgIpc) is 2.97. The van der Waals surface area contributed by atoms with E-state index in [1.165, 1.54) is 0 Å². The molecule has 3 rings (SSSR count). The molecular weight excluding hydrogens is 266 g/mol. The van der Waals surface area contributed by atoms with E-state index in [9.17, 15) is 4.79 Å². The van der Waals surface area contributed by atoms with E-state index in [1.54, 1.807) is 18.3 Å². The van der Waals surface area contributed by atoms with Crippen LogP contribution < -0.4 is 10.1 Å². The van der Waals surface area contributed by atoms with E-state index in [-0.39, 0.29) is 5.91 Å². The predicted molar refractivity (Wildman–Crippen MR) is 81.7 cm³/mol. The van der Waals surface area contributed by atoms with E-state index < -0.39 is 0 Å². The fourth-order valence-electron chi connectivity index (χ4n) is 2.08. The molecule has 21 heavy (non-hydrogen) atoms. The van der Waals surface area contributed by atoms with Crippen molar-refractivity contribution in [3.05, 3.63) is 54.2 Å². The van der Waals surface area contributed by atoms with Gasteiger partial charge in [0.1, 0.15) is 5.75 Å². The van der Waals surface area contributed by atoms with Gasteiger partial charge in [0.2, 0.25) is 0 Å². The Kier molecular flexibility index (Phi) is 3.55. The number of carbonyl (C=O) groups is 1. The Balaban J connectivity index is 1.75. The van der Waals surface area contributed by atoms with Crippen LogP contribution in [0.3, 0.4) is 0 Å². The van der Waals surface area contributed by atoms with Gasteiger partial charge in [-0.05, 0) is 43.3 Å². The highest BCUT2D eigenvalue weighted by molar-refractivity contribution is 6.06.